The molecule has 29 heavy (non-hydrogen) atoms. The molecule has 4 rings (SSSR count). The fourth-order valence-corrected chi connectivity index (χ4v) is 5.11. The lowest BCUT2D eigenvalue weighted by molar-refractivity contribution is 0.0555. The highest BCUT2D eigenvalue weighted by molar-refractivity contribution is 7.99. The van der Waals surface area contributed by atoms with E-state index in [0.29, 0.717) is 5.88 Å². The predicted octanol–water partition coefficient (Wildman–Crippen LogP) is 6.16. The van der Waals surface area contributed by atoms with Crippen molar-refractivity contribution in [1.82, 2.24) is 4.90 Å². The molecule has 0 unspecified atom stereocenters. The quantitative estimate of drug-likeness (QED) is 0.462. The molecule has 1 saturated heterocycles. The van der Waals surface area contributed by atoms with Crippen LogP contribution in [0.4, 0.5) is 4.79 Å². The van der Waals surface area contributed by atoms with Crippen LogP contribution in [0.5, 0.6) is 0 Å². The molecule has 0 spiro atoms. The average molecular weight is 404 g/mol. The number of hydrogen-bond acceptors (Lipinski definition) is 3. The van der Waals surface area contributed by atoms with Crippen molar-refractivity contribution in [3.05, 3.63) is 102 Å². The van der Waals surface area contributed by atoms with Gasteiger partial charge in [0, 0.05) is 16.0 Å². The van der Waals surface area contributed by atoms with E-state index >= 15 is 0 Å². The van der Waals surface area contributed by atoms with Crippen LogP contribution in [0.15, 0.2) is 95.9 Å². The molecule has 148 valence electrons. The predicted molar refractivity (Wildman–Crippen MR) is 118 cm³/mol. The van der Waals surface area contributed by atoms with Gasteiger partial charge in [-0.1, -0.05) is 92.7 Å². The smallest absolute Gasteiger partial charge is 0.412 e. The number of ether oxygens (including phenoxy) is 1. The van der Waals surface area contributed by atoms with E-state index in [1.165, 1.54) is 0 Å². The fraction of sp³-hybridized carbons (Fsp3) is 0.240. The average Bonchev–Trinajstić information content (AvgIpc) is 3.07. The maximum absolute atomic E-state index is 13.2. The molecule has 1 heterocycles. The minimum absolute atomic E-state index is 0.115. The van der Waals surface area contributed by atoms with Gasteiger partial charge in [-0.2, -0.15) is 0 Å². The first-order valence-corrected chi connectivity index (χ1v) is 10.9. The van der Waals surface area contributed by atoms with Crippen LogP contribution < -0.4 is 0 Å². The van der Waals surface area contributed by atoms with E-state index in [1.54, 1.807) is 11.8 Å². The highest BCUT2D eigenvalue weighted by Gasteiger charge is 2.57. The maximum Gasteiger partial charge on any atom is 0.412 e. The number of amides is 1. The van der Waals surface area contributed by atoms with Crippen molar-refractivity contribution in [3.63, 3.8) is 0 Å². The van der Waals surface area contributed by atoms with Gasteiger partial charge in [0.25, 0.3) is 0 Å². The number of carbonyl (C=O) groups excluding carboxylic acids is 1. The Morgan fingerprint density at radius 3 is 1.83 bits per heavy atom. The largest absolute Gasteiger partial charge is 0.431 e. The van der Waals surface area contributed by atoms with Gasteiger partial charge < -0.3 is 4.74 Å². The number of benzene rings is 3. The number of carbonyl (C=O) groups is 1. The van der Waals surface area contributed by atoms with Crippen molar-refractivity contribution < 1.29 is 9.53 Å². The lowest BCUT2D eigenvalue weighted by Gasteiger charge is -2.38. The van der Waals surface area contributed by atoms with Crippen LogP contribution in [0.1, 0.15) is 25.0 Å². The zero-order valence-corrected chi connectivity index (χ0v) is 17.5. The molecule has 1 aliphatic rings. The molecule has 0 N–H and O–H groups in total. The Bertz CT molecular complexity index is 905. The molecule has 3 aromatic rings. The molecule has 0 bridgehead atoms. The summed E-state index contributed by atoms with van der Waals surface area (Å²) in [6.07, 6.45) is -0.264. The summed E-state index contributed by atoms with van der Waals surface area (Å²) < 4.78 is 6.27. The van der Waals surface area contributed by atoms with E-state index in [1.807, 2.05) is 59.5 Å². The van der Waals surface area contributed by atoms with Crippen molar-refractivity contribution >= 4 is 17.9 Å². The molecule has 0 radical (unpaired) electrons. The summed E-state index contributed by atoms with van der Waals surface area (Å²) in [4.78, 5) is 16.2. The third-order valence-corrected chi connectivity index (χ3v) is 6.40. The van der Waals surface area contributed by atoms with Crippen molar-refractivity contribution in [1.29, 1.82) is 0 Å². The minimum atomic E-state index is -0.828. The summed E-state index contributed by atoms with van der Waals surface area (Å²) in [5, 5.41) is 0. The van der Waals surface area contributed by atoms with Crippen LogP contribution in [0.25, 0.3) is 0 Å². The highest BCUT2D eigenvalue weighted by atomic mass is 32.2. The third-order valence-electron chi connectivity index (χ3n) is 5.39. The first-order chi connectivity index (χ1) is 14.1. The highest BCUT2D eigenvalue weighted by Crippen LogP contribution is 2.47. The Morgan fingerprint density at radius 1 is 0.862 bits per heavy atom. The molecule has 0 saturated carbocycles. The number of rotatable bonds is 6. The second-order valence-electron chi connectivity index (χ2n) is 7.58. The van der Waals surface area contributed by atoms with Crippen molar-refractivity contribution in [3.8, 4) is 0 Å². The fourth-order valence-electron chi connectivity index (χ4n) is 4.21. The SMILES string of the molecule is CC(C)[C@@H]1N(CSc2ccccc2)C(=O)OC1(c1ccccc1)c1ccccc1. The number of cyclic esters (lactones) is 1. The van der Waals surface area contributed by atoms with Crippen LogP contribution >= 0.6 is 11.8 Å². The van der Waals surface area contributed by atoms with E-state index in [0.717, 1.165) is 16.0 Å². The van der Waals surface area contributed by atoms with Gasteiger partial charge in [-0.3, -0.25) is 4.90 Å². The molecular weight excluding hydrogens is 378 g/mol. The van der Waals surface area contributed by atoms with Gasteiger partial charge in [0.2, 0.25) is 0 Å². The molecule has 0 aromatic heterocycles. The van der Waals surface area contributed by atoms with Crippen molar-refractivity contribution in [2.75, 3.05) is 5.88 Å². The van der Waals surface area contributed by atoms with E-state index in [-0.39, 0.29) is 18.1 Å². The second kappa shape index (κ2) is 8.34. The molecule has 4 heteroatoms. The zero-order valence-electron chi connectivity index (χ0n) is 16.7. The first-order valence-electron chi connectivity index (χ1n) is 9.91. The molecule has 1 aliphatic heterocycles. The standard InChI is InChI=1S/C25H25NO2S/c1-19(2)23-25(20-12-6-3-7-13-20,21-14-8-4-9-15-21)28-24(27)26(23)18-29-22-16-10-5-11-17-22/h3-17,19,23H,18H2,1-2H3/t23-/m0/s1. The van der Waals surface area contributed by atoms with Gasteiger partial charge in [0.15, 0.2) is 5.60 Å². The maximum atomic E-state index is 13.2. The Hall–Kier alpha value is -2.72. The number of hydrogen-bond donors (Lipinski definition) is 0. The van der Waals surface area contributed by atoms with Gasteiger partial charge in [0.05, 0.1) is 11.9 Å². The summed E-state index contributed by atoms with van der Waals surface area (Å²) in [5.74, 6) is 0.755. The van der Waals surface area contributed by atoms with Gasteiger partial charge in [-0.05, 0) is 18.1 Å². The lowest BCUT2D eigenvalue weighted by atomic mass is 9.76. The van der Waals surface area contributed by atoms with Crippen LogP contribution in [0, 0.1) is 5.92 Å². The summed E-state index contributed by atoms with van der Waals surface area (Å²) in [6, 6.07) is 30.3. The van der Waals surface area contributed by atoms with Gasteiger partial charge >= 0.3 is 6.09 Å². The molecule has 0 aliphatic carbocycles. The molecule has 1 fully saturated rings. The first kappa shape index (κ1) is 19.6. The van der Waals surface area contributed by atoms with Crippen LogP contribution in [-0.4, -0.2) is 22.9 Å². The van der Waals surface area contributed by atoms with Crippen LogP contribution in [0.3, 0.4) is 0 Å². The van der Waals surface area contributed by atoms with Crippen LogP contribution in [-0.2, 0) is 10.3 Å². The van der Waals surface area contributed by atoms with E-state index < -0.39 is 5.60 Å². The lowest BCUT2D eigenvalue weighted by Crippen LogP contribution is -2.47. The van der Waals surface area contributed by atoms with Gasteiger partial charge in [-0.25, -0.2) is 4.79 Å². The van der Waals surface area contributed by atoms with Crippen molar-refractivity contribution in [2.24, 2.45) is 5.92 Å². The molecule has 3 nitrogen and oxygen atoms in total. The Labute approximate surface area is 176 Å². The summed E-state index contributed by atoms with van der Waals surface area (Å²) in [6.45, 7) is 4.32. The summed E-state index contributed by atoms with van der Waals surface area (Å²) >= 11 is 1.66. The molecular formula is C25H25NO2S. The zero-order chi connectivity index (χ0) is 20.3. The summed E-state index contributed by atoms with van der Waals surface area (Å²) in [7, 11) is 0. The number of nitrogens with zero attached hydrogens (tertiary/aromatic N) is 1. The van der Waals surface area contributed by atoms with Crippen molar-refractivity contribution in [2.45, 2.75) is 30.4 Å². The normalized spacial score (nSPS) is 18.1. The van der Waals surface area contributed by atoms with E-state index in [9.17, 15) is 4.79 Å². The monoisotopic (exact) mass is 403 g/mol. The third kappa shape index (κ3) is 3.65. The summed E-state index contributed by atoms with van der Waals surface area (Å²) in [5.41, 5.74) is 1.18. The number of thioether (sulfide) groups is 1. The van der Waals surface area contributed by atoms with Crippen LogP contribution in [0.2, 0.25) is 0 Å². The topological polar surface area (TPSA) is 29.5 Å². The minimum Gasteiger partial charge on any atom is -0.431 e. The van der Waals surface area contributed by atoms with Gasteiger partial charge in [-0.15, -0.1) is 11.8 Å². The Morgan fingerprint density at radius 2 is 1.34 bits per heavy atom. The Kier molecular flexibility index (Phi) is 5.63. The second-order valence-corrected chi connectivity index (χ2v) is 8.60. The molecule has 3 aromatic carbocycles. The Balaban J connectivity index is 1.77. The van der Waals surface area contributed by atoms with Gasteiger partial charge in [0.1, 0.15) is 0 Å². The molecule has 1 atom stereocenters. The van der Waals surface area contributed by atoms with E-state index in [4.69, 9.17) is 4.74 Å². The molecule has 1 amide bonds. The van der Waals surface area contributed by atoms with E-state index in [2.05, 4.69) is 50.2 Å².